The van der Waals surface area contributed by atoms with Crippen LogP contribution in [0.25, 0.3) is 0 Å². The van der Waals surface area contributed by atoms with Crippen LogP contribution in [0.5, 0.6) is 0 Å². The maximum atomic E-state index is 12.1. The molecule has 0 bridgehead atoms. The average Bonchev–Trinajstić information content (AvgIpc) is 1.95. The van der Waals surface area contributed by atoms with Gasteiger partial charge in [0.25, 0.3) is 0 Å². The van der Waals surface area contributed by atoms with Crippen LogP contribution in [0.3, 0.4) is 0 Å². The monoisotopic (exact) mass is 142 g/mol. The third-order valence-electron chi connectivity index (χ3n) is 1.07. The van der Waals surface area contributed by atoms with Crippen molar-refractivity contribution >= 4 is 0 Å². The summed E-state index contributed by atoms with van der Waals surface area (Å²) in [5, 5.41) is 8.22. The van der Waals surface area contributed by atoms with Gasteiger partial charge in [-0.1, -0.05) is 6.07 Å². The number of pyridine rings is 1. The van der Waals surface area contributed by atoms with Crippen LogP contribution >= 0.6 is 0 Å². The molecule has 0 unspecified atom stereocenters. The van der Waals surface area contributed by atoms with Crippen molar-refractivity contribution in [2.24, 2.45) is 0 Å². The van der Waals surface area contributed by atoms with Gasteiger partial charge < -0.3 is 5.21 Å². The van der Waals surface area contributed by atoms with Crippen LogP contribution in [-0.2, 0) is 6.54 Å². The van der Waals surface area contributed by atoms with Gasteiger partial charge in [-0.25, -0.2) is 10.5 Å². The number of aromatic nitrogens is 1. The van der Waals surface area contributed by atoms with Crippen LogP contribution in [0.15, 0.2) is 18.3 Å². The zero-order chi connectivity index (χ0) is 7.40. The SMILES string of the molecule is ONCc1ccc(F)nc1. The fourth-order valence-corrected chi connectivity index (χ4v) is 0.602. The van der Waals surface area contributed by atoms with Crippen LogP contribution < -0.4 is 5.48 Å². The van der Waals surface area contributed by atoms with Crippen molar-refractivity contribution in [2.75, 3.05) is 0 Å². The Hall–Kier alpha value is -1.00. The van der Waals surface area contributed by atoms with Crippen LogP contribution in [0.1, 0.15) is 5.56 Å². The van der Waals surface area contributed by atoms with Gasteiger partial charge in [0.05, 0.1) is 0 Å². The topological polar surface area (TPSA) is 45.1 Å². The molecule has 54 valence electrons. The van der Waals surface area contributed by atoms with Gasteiger partial charge in [0.1, 0.15) is 0 Å². The highest BCUT2D eigenvalue weighted by Gasteiger charge is 1.91. The quantitative estimate of drug-likeness (QED) is 0.472. The van der Waals surface area contributed by atoms with Crippen molar-refractivity contribution in [1.82, 2.24) is 10.5 Å². The summed E-state index contributed by atoms with van der Waals surface area (Å²) in [5.41, 5.74) is 2.68. The second-order valence-electron chi connectivity index (χ2n) is 1.82. The molecule has 1 heterocycles. The Morgan fingerprint density at radius 1 is 1.60 bits per heavy atom. The van der Waals surface area contributed by atoms with E-state index in [1.165, 1.54) is 12.3 Å². The first-order valence-corrected chi connectivity index (χ1v) is 2.80. The molecule has 1 rings (SSSR count). The van der Waals surface area contributed by atoms with Gasteiger partial charge in [0, 0.05) is 12.7 Å². The van der Waals surface area contributed by atoms with Crippen LogP contribution in [0.2, 0.25) is 0 Å². The molecule has 0 aromatic carbocycles. The van der Waals surface area contributed by atoms with Crippen molar-refractivity contribution in [3.05, 3.63) is 29.8 Å². The zero-order valence-electron chi connectivity index (χ0n) is 5.21. The van der Waals surface area contributed by atoms with E-state index in [1.54, 1.807) is 6.07 Å². The van der Waals surface area contributed by atoms with Gasteiger partial charge >= 0.3 is 0 Å². The molecule has 10 heavy (non-hydrogen) atoms. The van der Waals surface area contributed by atoms with E-state index in [9.17, 15) is 4.39 Å². The summed E-state index contributed by atoms with van der Waals surface area (Å²) in [5.74, 6) is -0.512. The molecule has 0 saturated carbocycles. The summed E-state index contributed by atoms with van der Waals surface area (Å²) < 4.78 is 12.1. The Morgan fingerprint density at radius 3 is 2.90 bits per heavy atom. The normalized spacial score (nSPS) is 9.80. The summed E-state index contributed by atoms with van der Waals surface area (Å²) in [6.07, 6.45) is 1.36. The molecule has 4 heteroatoms. The van der Waals surface area contributed by atoms with E-state index in [2.05, 4.69) is 4.98 Å². The van der Waals surface area contributed by atoms with E-state index in [0.29, 0.717) is 0 Å². The smallest absolute Gasteiger partial charge is 0.212 e. The van der Waals surface area contributed by atoms with Crippen LogP contribution in [0, 0.1) is 5.95 Å². The Bertz CT molecular complexity index is 199. The first-order chi connectivity index (χ1) is 4.83. The lowest BCUT2D eigenvalue weighted by Gasteiger charge is -1.95. The van der Waals surface area contributed by atoms with Gasteiger partial charge in [-0.05, 0) is 11.6 Å². The number of halogens is 1. The van der Waals surface area contributed by atoms with Crippen molar-refractivity contribution in [3.63, 3.8) is 0 Å². The van der Waals surface area contributed by atoms with Gasteiger partial charge in [-0.15, -0.1) is 0 Å². The van der Waals surface area contributed by atoms with Crippen LogP contribution in [0.4, 0.5) is 4.39 Å². The molecule has 0 aliphatic carbocycles. The number of nitrogens with one attached hydrogen (secondary N) is 1. The predicted octanol–water partition coefficient (Wildman–Crippen LogP) is 0.700. The average molecular weight is 142 g/mol. The Kier molecular flexibility index (Phi) is 2.30. The zero-order valence-corrected chi connectivity index (χ0v) is 5.21. The Balaban J connectivity index is 2.69. The molecule has 3 nitrogen and oxygen atoms in total. The highest BCUT2D eigenvalue weighted by atomic mass is 19.1. The molecule has 0 fully saturated rings. The molecule has 0 spiro atoms. The molecule has 2 N–H and O–H groups in total. The molecule has 0 atom stereocenters. The van der Waals surface area contributed by atoms with E-state index < -0.39 is 5.95 Å². The highest BCUT2D eigenvalue weighted by Crippen LogP contribution is 1.96. The number of hydrogen-bond acceptors (Lipinski definition) is 3. The minimum atomic E-state index is -0.512. The molecule has 1 aromatic rings. The maximum absolute atomic E-state index is 12.1. The van der Waals surface area contributed by atoms with E-state index >= 15 is 0 Å². The van der Waals surface area contributed by atoms with Crippen molar-refractivity contribution in [2.45, 2.75) is 6.54 Å². The summed E-state index contributed by atoms with van der Waals surface area (Å²) in [6, 6.07) is 2.79. The van der Waals surface area contributed by atoms with Gasteiger partial charge in [0.15, 0.2) is 0 Å². The van der Waals surface area contributed by atoms with Gasteiger partial charge in [-0.2, -0.15) is 4.39 Å². The lowest BCUT2D eigenvalue weighted by Crippen LogP contribution is -2.06. The fourth-order valence-electron chi connectivity index (χ4n) is 0.602. The van der Waals surface area contributed by atoms with E-state index in [4.69, 9.17) is 5.21 Å². The molecule has 0 radical (unpaired) electrons. The number of hydrogen-bond donors (Lipinski definition) is 2. The lowest BCUT2D eigenvalue weighted by atomic mass is 10.3. The highest BCUT2D eigenvalue weighted by molar-refractivity contribution is 5.08. The number of nitrogens with zero attached hydrogens (tertiary/aromatic N) is 1. The van der Waals surface area contributed by atoms with Crippen molar-refractivity contribution in [1.29, 1.82) is 0 Å². The van der Waals surface area contributed by atoms with E-state index in [-0.39, 0.29) is 6.54 Å². The lowest BCUT2D eigenvalue weighted by molar-refractivity contribution is 0.161. The molecule has 0 aliphatic heterocycles. The summed E-state index contributed by atoms with van der Waals surface area (Å²) in [4.78, 5) is 3.38. The first kappa shape index (κ1) is 7.11. The number of rotatable bonds is 2. The maximum Gasteiger partial charge on any atom is 0.212 e. The van der Waals surface area contributed by atoms with Crippen molar-refractivity contribution < 1.29 is 9.60 Å². The van der Waals surface area contributed by atoms with Crippen LogP contribution in [-0.4, -0.2) is 10.2 Å². The third kappa shape index (κ3) is 1.75. The fraction of sp³-hybridized carbons (Fsp3) is 0.167. The minimum absolute atomic E-state index is 0.285. The summed E-state index contributed by atoms with van der Waals surface area (Å²) in [7, 11) is 0. The third-order valence-corrected chi connectivity index (χ3v) is 1.07. The Morgan fingerprint density at radius 2 is 2.40 bits per heavy atom. The first-order valence-electron chi connectivity index (χ1n) is 2.80. The molecular formula is C6H7FN2O. The molecular weight excluding hydrogens is 135 g/mol. The number of hydroxylamine groups is 1. The van der Waals surface area contributed by atoms with E-state index in [1.807, 2.05) is 5.48 Å². The summed E-state index contributed by atoms with van der Waals surface area (Å²) >= 11 is 0. The van der Waals surface area contributed by atoms with Crippen molar-refractivity contribution in [3.8, 4) is 0 Å². The van der Waals surface area contributed by atoms with E-state index in [0.717, 1.165) is 5.56 Å². The second kappa shape index (κ2) is 3.24. The molecule has 0 saturated heterocycles. The second-order valence-corrected chi connectivity index (χ2v) is 1.82. The standard InChI is InChI=1S/C6H7FN2O/c7-6-2-1-5(3-8-6)4-9-10/h1-3,9-10H,4H2. The van der Waals surface area contributed by atoms with Gasteiger partial charge in [0.2, 0.25) is 5.95 Å². The van der Waals surface area contributed by atoms with Gasteiger partial charge in [-0.3, -0.25) is 0 Å². The Labute approximate surface area is 57.5 Å². The largest absolute Gasteiger partial charge is 0.316 e. The molecule has 0 aliphatic rings. The minimum Gasteiger partial charge on any atom is -0.316 e. The molecule has 0 amide bonds. The predicted molar refractivity (Wildman–Crippen MR) is 32.8 cm³/mol. The summed E-state index contributed by atoms with van der Waals surface area (Å²) in [6.45, 7) is 0.285. The molecule has 1 aromatic heterocycles.